The summed E-state index contributed by atoms with van der Waals surface area (Å²) < 4.78 is 26.8. The molecule has 2 N–H and O–H groups in total. The maximum absolute atomic E-state index is 12.0. The van der Waals surface area contributed by atoms with Gasteiger partial charge in [-0.05, 0) is 39.3 Å². The summed E-state index contributed by atoms with van der Waals surface area (Å²) in [6.07, 6.45) is 3.47. The first-order chi connectivity index (χ1) is 8.99. The SMILES string of the molecule is CCCN(CC)CCNS(=O)(=O)C(C)CNC1CC1. The monoisotopic (exact) mass is 291 g/mol. The van der Waals surface area contributed by atoms with Gasteiger partial charge < -0.3 is 10.2 Å². The lowest BCUT2D eigenvalue weighted by molar-refractivity contribution is 0.293. The molecule has 1 aliphatic carbocycles. The molecule has 0 heterocycles. The molecule has 1 atom stereocenters. The Hall–Kier alpha value is -0.170. The summed E-state index contributed by atoms with van der Waals surface area (Å²) >= 11 is 0. The van der Waals surface area contributed by atoms with E-state index < -0.39 is 10.0 Å². The Kier molecular flexibility index (Phi) is 7.28. The van der Waals surface area contributed by atoms with Crippen LogP contribution in [0.15, 0.2) is 0 Å². The summed E-state index contributed by atoms with van der Waals surface area (Å²) in [5.41, 5.74) is 0. The molecule has 0 aromatic carbocycles. The highest BCUT2D eigenvalue weighted by Crippen LogP contribution is 2.18. The second kappa shape index (κ2) is 8.19. The van der Waals surface area contributed by atoms with Crippen LogP contribution in [0.5, 0.6) is 0 Å². The third-order valence-electron chi connectivity index (χ3n) is 3.52. The van der Waals surface area contributed by atoms with Crippen LogP contribution in [0.4, 0.5) is 0 Å². The molecular formula is C13H29N3O2S. The van der Waals surface area contributed by atoms with Crippen molar-refractivity contribution in [2.45, 2.75) is 51.3 Å². The van der Waals surface area contributed by atoms with Gasteiger partial charge in [-0.25, -0.2) is 13.1 Å². The van der Waals surface area contributed by atoms with Crippen LogP contribution in [-0.2, 0) is 10.0 Å². The Morgan fingerprint density at radius 1 is 1.26 bits per heavy atom. The van der Waals surface area contributed by atoms with Crippen LogP contribution < -0.4 is 10.0 Å². The molecule has 0 aliphatic heterocycles. The lowest BCUT2D eigenvalue weighted by atomic mass is 10.4. The third-order valence-corrected chi connectivity index (χ3v) is 5.35. The van der Waals surface area contributed by atoms with E-state index in [9.17, 15) is 8.42 Å². The largest absolute Gasteiger partial charge is 0.313 e. The highest BCUT2D eigenvalue weighted by atomic mass is 32.2. The van der Waals surface area contributed by atoms with Gasteiger partial charge in [0, 0.05) is 25.7 Å². The van der Waals surface area contributed by atoms with Gasteiger partial charge in [-0.2, -0.15) is 0 Å². The first-order valence-corrected chi connectivity index (χ1v) is 8.98. The van der Waals surface area contributed by atoms with Crippen LogP contribution in [0.1, 0.15) is 40.0 Å². The van der Waals surface area contributed by atoms with Gasteiger partial charge in [0.05, 0.1) is 5.25 Å². The van der Waals surface area contributed by atoms with E-state index in [2.05, 4.69) is 28.8 Å². The maximum Gasteiger partial charge on any atom is 0.215 e. The molecule has 1 fully saturated rings. The molecule has 0 aromatic rings. The van der Waals surface area contributed by atoms with Crippen molar-refractivity contribution in [3.63, 3.8) is 0 Å². The Morgan fingerprint density at radius 3 is 2.47 bits per heavy atom. The molecule has 19 heavy (non-hydrogen) atoms. The molecule has 0 bridgehead atoms. The van der Waals surface area contributed by atoms with Crippen LogP contribution in [0, 0.1) is 0 Å². The molecule has 1 rings (SSSR count). The van der Waals surface area contributed by atoms with E-state index in [1.165, 1.54) is 12.8 Å². The predicted molar refractivity (Wildman–Crippen MR) is 79.8 cm³/mol. The van der Waals surface area contributed by atoms with Crippen molar-refractivity contribution in [2.75, 3.05) is 32.7 Å². The fourth-order valence-corrected chi connectivity index (χ4v) is 2.94. The van der Waals surface area contributed by atoms with E-state index in [0.717, 1.165) is 26.1 Å². The fourth-order valence-electron chi connectivity index (χ4n) is 1.96. The molecule has 5 nitrogen and oxygen atoms in total. The van der Waals surface area contributed by atoms with E-state index in [1.54, 1.807) is 6.92 Å². The molecule has 0 amide bonds. The lowest BCUT2D eigenvalue weighted by Crippen LogP contribution is -2.42. The second-order valence-corrected chi connectivity index (χ2v) is 7.55. The maximum atomic E-state index is 12.0. The van der Waals surface area contributed by atoms with E-state index >= 15 is 0 Å². The average Bonchev–Trinajstić information content (AvgIpc) is 3.18. The first kappa shape index (κ1) is 16.9. The van der Waals surface area contributed by atoms with Gasteiger partial charge in [0.1, 0.15) is 0 Å². The normalized spacial score (nSPS) is 17.9. The zero-order chi connectivity index (χ0) is 14.3. The molecule has 114 valence electrons. The summed E-state index contributed by atoms with van der Waals surface area (Å²) in [4.78, 5) is 2.26. The van der Waals surface area contributed by atoms with Gasteiger partial charge in [-0.1, -0.05) is 13.8 Å². The zero-order valence-corrected chi connectivity index (χ0v) is 13.3. The Morgan fingerprint density at radius 2 is 1.95 bits per heavy atom. The van der Waals surface area contributed by atoms with Crippen molar-refractivity contribution in [2.24, 2.45) is 0 Å². The highest BCUT2D eigenvalue weighted by molar-refractivity contribution is 7.90. The summed E-state index contributed by atoms with van der Waals surface area (Å²) in [7, 11) is -3.19. The summed E-state index contributed by atoms with van der Waals surface area (Å²) in [6, 6.07) is 0.554. The lowest BCUT2D eigenvalue weighted by Gasteiger charge is -2.20. The molecule has 0 saturated heterocycles. The Bertz CT molecular complexity index is 342. The minimum absolute atomic E-state index is 0.366. The zero-order valence-electron chi connectivity index (χ0n) is 12.5. The molecule has 1 aliphatic rings. The number of nitrogens with one attached hydrogen (secondary N) is 2. The molecule has 1 unspecified atom stereocenters. The van der Waals surface area contributed by atoms with E-state index in [-0.39, 0.29) is 5.25 Å². The molecule has 0 radical (unpaired) electrons. The predicted octanol–water partition coefficient (Wildman–Crippen LogP) is 0.778. The Labute approximate surface area is 118 Å². The molecule has 1 saturated carbocycles. The average molecular weight is 291 g/mol. The molecular weight excluding hydrogens is 262 g/mol. The standard InChI is InChI=1S/C13H29N3O2S/c1-4-9-16(5-2)10-8-15-19(17,18)12(3)11-14-13-6-7-13/h12-15H,4-11H2,1-3H3. The minimum atomic E-state index is -3.19. The van der Waals surface area contributed by atoms with Crippen LogP contribution in [0.3, 0.4) is 0 Å². The number of sulfonamides is 1. The number of hydrogen-bond donors (Lipinski definition) is 2. The topological polar surface area (TPSA) is 61.4 Å². The van der Waals surface area contributed by atoms with Gasteiger partial charge in [0.25, 0.3) is 0 Å². The van der Waals surface area contributed by atoms with Crippen LogP contribution in [0.2, 0.25) is 0 Å². The van der Waals surface area contributed by atoms with Gasteiger partial charge in [-0.3, -0.25) is 0 Å². The van der Waals surface area contributed by atoms with Crippen molar-refractivity contribution in [1.29, 1.82) is 0 Å². The van der Waals surface area contributed by atoms with E-state index in [1.807, 2.05) is 0 Å². The first-order valence-electron chi connectivity index (χ1n) is 7.43. The molecule has 6 heteroatoms. The summed E-state index contributed by atoms with van der Waals surface area (Å²) in [5.74, 6) is 0. The fraction of sp³-hybridized carbons (Fsp3) is 1.00. The van der Waals surface area contributed by atoms with Crippen LogP contribution in [0.25, 0.3) is 0 Å². The minimum Gasteiger partial charge on any atom is -0.313 e. The second-order valence-electron chi connectivity index (χ2n) is 5.37. The van der Waals surface area contributed by atoms with Crippen LogP contribution in [-0.4, -0.2) is 57.3 Å². The summed E-state index contributed by atoms with van der Waals surface area (Å²) in [5, 5.41) is 2.90. The van der Waals surface area contributed by atoms with Crippen molar-refractivity contribution in [1.82, 2.24) is 14.9 Å². The van der Waals surface area contributed by atoms with Gasteiger partial charge >= 0.3 is 0 Å². The summed E-state index contributed by atoms with van der Waals surface area (Å²) in [6.45, 7) is 9.83. The van der Waals surface area contributed by atoms with E-state index in [4.69, 9.17) is 0 Å². The van der Waals surface area contributed by atoms with Crippen molar-refractivity contribution >= 4 is 10.0 Å². The number of rotatable bonds is 11. The van der Waals surface area contributed by atoms with Crippen molar-refractivity contribution in [3.05, 3.63) is 0 Å². The molecule has 0 aromatic heterocycles. The van der Waals surface area contributed by atoms with Crippen molar-refractivity contribution in [3.8, 4) is 0 Å². The number of likely N-dealkylation sites (N-methyl/N-ethyl adjacent to an activating group) is 1. The van der Waals surface area contributed by atoms with Crippen molar-refractivity contribution < 1.29 is 8.42 Å². The number of nitrogens with zero attached hydrogens (tertiary/aromatic N) is 1. The molecule has 0 spiro atoms. The van der Waals surface area contributed by atoms with Gasteiger partial charge in [0.2, 0.25) is 10.0 Å². The quantitative estimate of drug-likeness (QED) is 0.590. The van der Waals surface area contributed by atoms with Crippen LogP contribution >= 0.6 is 0 Å². The number of hydrogen-bond acceptors (Lipinski definition) is 4. The highest BCUT2D eigenvalue weighted by Gasteiger charge is 2.25. The Balaban J connectivity index is 2.24. The third kappa shape index (κ3) is 6.70. The van der Waals surface area contributed by atoms with Gasteiger partial charge in [-0.15, -0.1) is 0 Å². The smallest absolute Gasteiger partial charge is 0.215 e. The van der Waals surface area contributed by atoms with Gasteiger partial charge in [0.15, 0.2) is 0 Å². The van der Waals surface area contributed by atoms with E-state index in [0.29, 0.717) is 19.1 Å².